The van der Waals surface area contributed by atoms with E-state index in [2.05, 4.69) is 28.5 Å². The number of carbonyl (C=O) groups excluding carboxylic acids is 2. The monoisotopic (exact) mass is 382 g/mol. The van der Waals surface area contributed by atoms with Crippen LogP contribution >= 0.6 is 0 Å². The van der Waals surface area contributed by atoms with Crippen LogP contribution in [0, 0.1) is 0 Å². The number of guanidine groups is 1. The number of fused-ring (bicyclic) bond motifs is 1. The van der Waals surface area contributed by atoms with Gasteiger partial charge in [-0.3, -0.25) is 9.69 Å². The zero-order chi connectivity index (χ0) is 19.8. The Hall–Kier alpha value is -3.03. The van der Waals surface area contributed by atoms with Crippen LogP contribution in [0.3, 0.4) is 0 Å². The fourth-order valence-corrected chi connectivity index (χ4v) is 4.15. The average molecular weight is 382 g/mol. The highest BCUT2D eigenvalue weighted by Gasteiger charge is 2.51. The third-order valence-corrected chi connectivity index (χ3v) is 5.70. The van der Waals surface area contributed by atoms with Gasteiger partial charge in [-0.2, -0.15) is 0 Å². The van der Waals surface area contributed by atoms with Crippen molar-refractivity contribution in [2.45, 2.75) is 12.2 Å². The minimum Gasteiger partial charge on any atom is -0.368 e. The quantitative estimate of drug-likeness (QED) is 0.727. The lowest BCUT2D eigenvalue weighted by atomic mass is 10.1. The summed E-state index contributed by atoms with van der Waals surface area (Å²) in [5.74, 6) is 0.572. The molecular formula is C20H26N6O2. The van der Waals surface area contributed by atoms with Gasteiger partial charge in [0.25, 0.3) is 5.91 Å². The Bertz CT molecular complexity index is 802. The summed E-state index contributed by atoms with van der Waals surface area (Å²) in [4.78, 5) is 39.2. The lowest BCUT2D eigenvalue weighted by Gasteiger charge is -2.42. The van der Waals surface area contributed by atoms with Crippen LogP contribution in [0.4, 0.5) is 10.5 Å². The number of urea groups is 1. The van der Waals surface area contributed by atoms with Crippen molar-refractivity contribution in [1.29, 1.82) is 0 Å². The van der Waals surface area contributed by atoms with Gasteiger partial charge < -0.3 is 19.6 Å². The van der Waals surface area contributed by atoms with Crippen molar-refractivity contribution in [1.82, 2.24) is 19.6 Å². The van der Waals surface area contributed by atoms with Crippen LogP contribution in [0.15, 0.2) is 48.0 Å². The van der Waals surface area contributed by atoms with Crippen LogP contribution in [0.5, 0.6) is 0 Å². The van der Waals surface area contributed by atoms with Crippen LogP contribution in [0.1, 0.15) is 0 Å². The second-order valence-corrected chi connectivity index (χ2v) is 7.33. The molecule has 3 heterocycles. The number of nitrogens with zero attached hydrogens (tertiary/aromatic N) is 6. The molecule has 0 aromatic heterocycles. The van der Waals surface area contributed by atoms with E-state index in [0.29, 0.717) is 6.54 Å². The molecule has 3 aliphatic rings. The number of piperazine rings is 1. The second kappa shape index (κ2) is 7.18. The highest BCUT2D eigenvalue weighted by Crippen LogP contribution is 2.29. The Labute approximate surface area is 165 Å². The minimum atomic E-state index is -0.493. The van der Waals surface area contributed by atoms with Gasteiger partial charge in [-0.15, -0.1) is 6.58 Å². The molecule has 2 atom stereocenters. The zero-order valence-corrected chi connectivity index (χ0v) is 16.4. The molecular weight excluding hydrogens is 356 g/mol. The first-order chi connectivity index (χ1) is 13.5. The summed E-state index contributed by atoms with van der Waals surface area (Å²) in [5, 5.41) is 0. The molecule has 28 heavy (non-hydrogen) atoms. The van der Waals surface area contributed by atoms with Gasteiger partial charge in [-0.1, -0.05) is 24.3 Å². The maximum atomic E-state index is 12.8. The molecule has 3 aliphatic heterocycles. The summed E-state index contributed by atoms with van der Waals surface area (Å²) >= 11 is 0. The summed E-state index contributed by atoms with van der Waals surface area (Å²) in [6, 6.07) is 9.56. The number of benzene rings is 1. The molecule has 1 aromatic rings. The van der Waals surface area contributed by atoms with Crippen molar-refractivity contribution in [3.63, 3.8) is 0 Å². The van der Waals surface area contributed by atoms with E-state index in [0.717, 1.165) is 32.1 Å². The highest BCUT2D eigenvalue weighted by molar-refractivity contribution is 6.03. The topological polar surface area (TPSA) is 62.7 Å². The minimum absolute atomic E-state index is 0.211. The number of carbonyl (C=O) groups is 2. The summed E-state index contributed by atoms with van der Waals surface area (Å²) in [6.45, 7) is 7.73. The number of amides is 3. The van der Waals surface area contributed by atoms with Crippen LogP contribution in [0.2, 0.25) is 0 Å². The molecule has 1 aromatic carbocycles. The standard InChI is InChI=1S/C20H26N6O2/c1-4-10-26-16-17(22(2)20(28)23(3)18(16)27)21-19(26)25-13-11-24(12-14-25)15-8-6-5-7-9-15/h4-9,16-17H,1,10-14H2,2-3H3. The van der Waals surface area contributed by atoms with E-state index in [1.165, 1.54) is 17.6 Å². The zero-order valence-electron chi connectivity index (χ0n) is 16.4. The van der Waals surface area contributed by atoms with Crippen molar-refractivity contribution in [2.75, 3.05) is 51.7 Å². The lowest BCUT2D eigenvalue weighted by Crippen LogP contribution is -2.64. The molecule has 0 aliphatic carbocycles. The molecule has 8 heteroatoms. The molecule has 2 unspecified atom stereocenters. The predicted molar refractivity (Wildman–Crippen MR) is 108 cm³/mol. The molecule has 2 fully saturated rings. The molecule has 0 spiro atoms. The first-order valence-corrected chi connectivity index (χ1v) is 9.57. The summed E-state index contributed by atoms with van der Waals surface area (Å²) in [7, 11) is 3.23. The van der Waals surface area contributed by atoms with E-state index in [1.54, 1.807) is 18.0 Å². The number of rotatable bonds is 3. The van der Waals surface area contributed by atoms with E-state index in [1.807, 2.05) is 23.1 Å². The van der Waals surface area contributed by atoms with Gasteiger partial charge in [-0.25, -0.2) is 9.79 Å². The molecule has 0 radical (unpaired) electrons. The number of anilines is 1. The lowest BCUT2D eigenvalue weighted by molar-refractivity contribution is -0.136. The third-order valence-electron chi connectivity index (χ3n) is 5.70. The van der Waals surface area contributed by atoms with Gasteiger partial charge in [0, 0.05) is 52.5 Å². The van der Waals surface area contributed by atoms with Crippen molar-refractivity contribution in [2.24, 2.45) is 4.99 Å². The molecule has 2 saturated heterocycles. The Morgan fingerprint density at radius 3 is 2.36 bits per heavy atom. The average Bonchev–Trinajstić information content (AvgIpc) is 3.11. The highest BCUT2D eigenvalue weighted by atomic mass is 16.2. The van der Waals surface area contributed by atoms with Crippen LogP contribution in [0.25, 0.3) is 0 Å². The molecule has 4 rings (SSSR count). The number of likely N-dealkylation sites (N-methyl/N-ethyl adjacent to an activating group) is 2. The van der Waals surface area contributed by atoms with Crippen molar-refractivity contribution < 1.29 is 9.59 Å². The van der Waals surface area contributed by atoms with Gasteiger partial charge >= 0.3 is 6.03 Å². The normalized spacial score (nSPS) is 25.2. The smallest absolute Gasteiger partial charge is 0.328 e. The fraction of sp³-hybridized carbons (Fsp3) is 0.450. The number of aliphatic imine (C=N–C) groups is 1. The van der Waals surface area contributed by atoms with E-state index in [-0.39, 0.29) is 11.9 Å². The van der Waals surface area contributed by atoms with E-state index in [9.17, 15) is 9.59 Å². The first-order valence-electron chi connectivity index (χ1n) is 9.57. The maximum absolute atomic E-state index is 12.8. The molecule has 0 saturated carbocycles. The Balaban J connectivity index is 1.54. The summed E-state index contributed by atoms with van der Waals surface area (Å²) in [5.41, 5.74) is 1.22. The van der Waals surface area contributed by atoms with Crippen molar-refractivity contribution >= 4 is 23.6 Å². The van der Waals surface area contributed by atoms with Gasteiger partial charge in [-0.05, 0) is 12.1 Å². The predicted octanol–water partition coefficient (Wildman–Crippen LogP) is 0.885. The fourth-order valence-electron chi connectivity index (χ4n) is 4.15. The molecule has 3 amide bonds. The Morgan fingerprint density at radius 2 is 1.71 bits per heavy atom. The van der Waals surface area contributed by atoms with E-state index < -0.39 is 12.2 Å². The molecule has 148 valence electrons. The van der Waals surface area contributed by atoms with Crippen LogP contribution in [-0.2, 0) is 4.79 Å². The number of imide groups is 1. The second-order valence-electron chi connectivity index (χ2n) is 7.33. The molecule has 8 nitrogen and oxygen atoms in total. The number of para-hydroxylation sites is 1. The number of hydrogen-bond donors (Lipinski definition) is 0. The van der Waals surface area contributed by atoms with Crippen LogP contribution in [-0.4, -0.2) is 96.5 Å². The summed E-state index contributed by atoms with van der Waals surface area (Å²) in [6.07, 6.45) is 1.29. The van der Waals surface area contributed by atoms with E-state index >= 15 is 0 Å². The van der Waals surface area contributed by atoms with Gasteiger partial charge in [0.05, 0.1) is 0 Å². The van der Waals surface area contributed by atoms with Gasteiger partial charge in [0.1, 0.15) is 0 Å². The first kappa shape index (κ1) is 18.3. The summed E-state index contributed by atoms with van der Waals surface area (Å²) < 4.78 is 0. The van der Waals surface area contributed by atoms with Gasteiger partial charge in [0.2, 0.25) is 0 Å². The van der Waals surface area contributed by atoms with Crippen molar-refractivity contribution in [3.05, 3.63) is 43.0 Å². The maximum Gasteiger partial charge on any atom is 0.328 e. The molecule has 0 bridgehead atoms. The Morgan fingerprint density at radius 1 is 1.07 bits per heavy atom. The van der Waals surface area contributed by atoms with Gasteiger partial charge in [0.15, 0.2) is 18.2 Å². The number of hydrogen-bond acceptors (Lipinski definition) is 6. The van der Waals surface area contributed by atoms with E-state index in [4.69, 9.17) is 4.99 Å². The SMILES string of the molecule is C=CCN1C(N2CCN(c3ccccc3)CC2)=NC2C1C(=O)N(C)C(=O)N2C. The third kappa shape index (κ3) is 2.89. The Kier molecular flexibility index (Phi) is 4.70. The molecule has 0 N–H and O–H groups in total. The largest absolute Gasteiger partial charge is 0.368 e. The van der Waals surface area contributed by atoms with Crippen LogP contribution < -0.4 is 4.90 Å². The van der Waals surface area contributed by atoms with Crippen molar-refractivity contribution in [3.8, 4) is 0 Å².